The van der Waals surface area contributed by atoms with Crippen LogP contribution >= 0.6 is 0 Å². The molecule has 0 bridgehead atoms. The smallest absolute Gasteiger partial charge is 0.272 e. The highest BCUT2D eigenvalue weighted by Crippen LogP contribution is 2.17. The fourth-order valence-corrected chi connectivity index (χ4v) is 4.23. The predicted octanol–water partition coefficient (Wildman–Crippen LogP) is 3.24. The number of carbonyl (C=O) groups excluding carboxylic acids is 2. The number of pyridine rings is 1. The Morgan fingerprint density at radius 2 is 1.97 bits per heavy atom. The number of carbonyl (C=O) groups is 2. The number of nitrogens with one attached hydrogen (secondary N) is 1. The molecule has 2 N–H and O–H groups in total. The minimum absolute atomic E-state index is 0.120. The molecular weight excluding hydrogens is 456 g/mol. The van der Waals surface area contributed by atoms with Gasteiger partial charge in [0.05, 0.1) is 36.3 Å². The van der Waals surface area contributed by atoms with E-state index < -0.39 is 0 Å². The van der Waals surface area contributed by atoms with Crippen LogP contribution in [0.15, 0.2) is 61.2 Å². The molecule has 0 saturated carbocycles. The summed E-state index contributed by atoms with van der Waals surface area (Å²) in [5.74, 6) is -0.225. The van der Waals surface area contributed by atoms with Gasteiger partial charge < -0.3 is 15.3 Å². The number of likely N-dealkylation sites (N-methyl/N-ethyl adjacent to an activating group) is 1. The third-order valence-electron chi connectivity index (χ3n) is 6.18. The number of hydrogen-bond acceptors (Lipinski definition) is 5. The molecular formula is C27H32N6O3. The first-order chi connectivity index (χ1) is 17.3. The lowest BCUT2D eigenvalue weighted by Crippen LogP contribution is -2.40. The number of aryl methyl sites for hydroxylation is 1. The van der Waals surface area contributed by atoms with Crippen molar-refractivity contribution in [2.45, 2.75) is 39.8 Å². The lowest BCUT2D eigenvalue weighted by molar-refractivity contribution is 0.0623. The van der Waals surface area contributed by atoms with E-state index in [9.17, 15) is 14.7 Å². The molecule has 3 aromatic heterocycles. The van der Waals surface area contributed by atoms with Crippen LogP contribution in [0.5, 0.6) is 0 Å². The number of fused-ring (bicyclic) bond motifs is 1. The zero-order valence-electron chi connectivity index (χ0n) is 21.0. The Balaban J connectivity index is 1.49. The van der Waals surface area contributed by atoms with Gasteiger partial charge in [-0.3, -0.25) is 14.0 Å². The maximum Gasteiger partial charge on any atom is 0.272 e. The molecule has 0 spiro atoms. The Hall–Kier alpha value is -3.98. The highest BCUT2D eigenvalue weighted by Gasteiger charge is 2.25. The number of imidazole rings is 1. The van der Waals surface area contributed by atoms with Crippen molar-refractivity contribution >= 4 is 17.5 Å². The van der Waals surface area contributed by atoms with Crippen molar-refractivity contribution in [3.05, 3.63) is 83.6 Å². The van der Waals surface area contributed by atoms with Crippen molar-refractivity contribution in [3.63, 3.8) is 0 Å². The lowest BCUT2D eigenvalue weighted by Gasteiger charge is -2.27. The number of amides is 2. The summed E-state index contributed by atoms with van der Waals surface area (Å²) in [6.45, 7) is 6.30. The van der Waals surface area contributed by atoms with Crippen LogP contribution in [0.4, 0.5) is 0 Å². The Kier molecular flexibility index (Phi) is 7.49. The molecule has 1 aromatic carbocycles. The maximum atomic E-state index is 13.2. The van der Waals surface area contributed by atoms with E-state index in [-0.39, 0.29) is 24.5 Å². The standard InChI is InChI=1S/C27H32N6O3/c1-18(2)11-22(17-34)31(4)27(36)24-15-28-25-23(9-6-10-32(24)25)26(35)29-13-20-14-30-33(16-20)21-8-5-7-19(3)12-21/h5-10,12,14-16,18,22,34H,11,13,17H2,1-4H3,(H,29,35)/t22-/m0/s1. The third kappa shape index (κ3) is 5.31. The van der Waals surface area contributed by atoms with Gasteiger partial charge in [0.1, 0.15) is 11.3 Å². The van der Waals surface area contributed by atoms with Gasteiger partial charge in [0, 0.05) is 31.5 Å². The molecule has 2 amide bonds. The first-order valence-electron chi connectivity index (χ1n) is 12.0. The molecule has 0 aliphatic heterocycles. The summed E-state index contributed by atoms with van der Waals surface area (Å²) in [4.78, 5) is 32.1. The molecule has 0 aliphatic carbocycles. The Morgan fingerprint density at radius 1 is 1.17 bits per heavy atom. The average Bonchev–Trinajstić information content (AvgIpc) is 3.52. The van der Waals surface area contributed by atoms with Crippen molar-refractivity contribution in [3.8, 4) is 5.69 Å². The first-order valence-corrected chi connectivity index (χ1v) is 12.0. The van der Waals surface area contributed by atoms with Crippen LogP contribution in [0.1, 0.15) is 52.2 Å². The number of hydrogen-bond donors (Lipinski definition) is 2. The molecule has 3 heterocycles. The molecule has 0 radical (unpaired) electrons. The van der Waals surface area contributed by atoms with Gasteiger partial charge in [-0.25, -0.2) is 9.67 Å². The summed E-state index contributed by atoms with van der Waals surface area (Å²) < 4.78 is 3.39. The Morgan fingerprint density at radius 3 is 2.69 bits per heavy atom. The van der Waals surface area contributed by atoms with Crippen LogP contribution in [0.3, 0.4) is 0 Å². The number of benzene rings is 1. The minimum atomic E-state index is -0.296. The molecule has 9 heteroatoms. The molecule has 9 nitrogen and oxygen atoms in total. The van der Waals surface area contributed by atoms with E-state index in [4.69, 9.17) is 0 Å². The van der Waals surface area contributed by atoms with Crippen LogP contribution in [-0.2, 0) is 6.54 Å². The summed E-state index contributed by atoms with van der Waals surface area (Å²) >= 11 is 0. The fourth-order valence-electron chi connectivity index (χ4n) is 4.23. The van der Waals surface area contributed by atoms with Gasteiger partial charge in [0.2, 0.25) is 0 Å². The minimum Gasteiger partial charge on any atom is -0.394 e. The van der Waals surface area contributed by atoms with Crippen LogP contribution in [0.2, 0.25) is 0 Å². The van der Waals surface area contributed by atoms with Crippen molar-refractivity contribution in [1.82, 2.24) is 29.4 Å². The normalized spacial score (nSPS) is 12.2. The van der Waals surface area contributed by atoms with E-state index in [0.29, 0.717) is 35.8 Å². The summed E-state index contributed by atoms with van der Waals surface area (Å²) in [5.41, 5.74) is 4.05. The van der Waals surface area contributed by atoms with E-state index in [0.717, 1.165) is 16.8 Å². The quantitative estimate of drug-likeness (QED) is 0.376. The SMILES string of the molecule is Cc1cccc(-n2cc(CNC(=O)c3cccn4c(C(=O)N(C)[C@H](CO)CC(C)C)cnc34)cn2)c1. The fraction of sp³-hybridized carbons (Fsp3) is 0.333. The van der Waals surface area contributed by atoms with Gasteiger partial charge in [0.15, 0.2) is 0 Å². The number of aliphatic hydroxyl groups is 1. The number of aliphatic hydroxyl groups excluding tert-OH is 1. The first kappa shape index (κ1) is 25.1. The monoisotopic (exact) mass is 488 g/mol. The van der Waals surface area contributed by atoms with Crippen molar-refractivity contribution in [1.29, 1.82) is 0 Å². The summed E-state index contributed by atoms with van der Waals surface area (Å²) in [7, 11) is 1.68. The molecule has 0 saturated heterocycles. The summed E-state index contributed by atoms with van der Waals surface area (Å²) in [6, 6.07) is 11.1. The molecule has 4 rings (SSSR count). The van der Waals surface area contributed by atoms with Gasteiger partial charge in [0.25, 0.3) is 11.8 Å². The van der Waals surface area contributed by atoms with Crippen LogP contribution in [0.25, 0.3) is 11.3 Å². The van der Waals surface area contributed by atoms with Crippen LogP contribution < -0.4 is 5.32 Å². The van der Waals surface area contributed by atoms with Gasteiger partial charge >= 0.3 is 0 Å². The van der Waals surface area contributed by atoms with Crippen molar-refractivity contribution < 1.29 is 14.7 Å². The highest BCUT2D eigenvalue weighted by atomic mass is 16.3. The molecule has 0 aliphatic rings. The van der Waals surface area contributed by atoms with Gasteiger partial charge in [-0.15, -0.1) is 0 Å². The second-order valence-corrected chi connectivity index (χ2v) is 9.46. The predicted molar refractivity (Wildman–Crippen MR) is 137 cm³/mol. The number of nitrogens with zero attached hydrogens (tertiary/aromatic N) is 5. The van der Waals surface area contributed by atoms with Crippen LogP contribution in [0, 0.1) is 12.8 Å². The van der Waals surface area contributed by atoms with Crippen molar-refractivity contribution in [2.75, 3.05) is 13.7 Å². The second kappa shape index (κ2) is 10.7. The highest BCUT2D eigenvalue weighted by molar-refractivity contribution is 6.01. The van der Waals surface area contributed by atoms with Gasteiger partial charge in [-0.05, 0) is 49.1 Å². The zero-order valence-corrected chi connectivity index (χ0v) is 21.0. The Labute approximate surface area is 210 Å². The topological polar surface area (TPSA) is 105 Å². The molecule has 0 fully saturated rings. The molecule has 188 valence electrons. The lowest BCUT2D eigenvalue weighted by atomic mass is 10.0. The van der Waals surface area contributed by atoms with Crippen molar-refractivity contribution in [2.24, 2.45) is 5.92 Å². The average molecular weight is 489 g/mol. The molecule has 1 atom stereocenters. The van der Waals surface area contributed by atoms with E-state index in [2.05, 4.69) is 15.4 Å². The molecule has 36 heavy (non-hydrogen) atoms. The number of rotatable bonds is 9. The summed E-state index contributed by atoms with van der Waals surface area (Å²) in [5, 5.41) is 17.1. The van der Waals surface area contributed by atoms with E-state index >= 15 is 0 Å². The van der Waals surface area contributed by atoms with Gasteiger partial charge in [-0.1, -0.05) is 26.0 Å². The van der Waals surface area contributed by atoms with Crippen LogP contribution in [-0.4, -0.2) is 60.7 Å². The second-order valence-electron chi connectivity index (χ2n) is 9.46. The van der Waals surface area contributed by atoms with E-state index in [1.165, 1.54) is 6.20 Å². The Bertz CT molecular complexity index is 1370. The summed E-state index contributed by atoms with van der Waals surface area (Å²) in [6.07, 6.45) is 7.47. The largest absolute Gasteiger partial charge is 0.394 e. The maximum absolute atomic E-state index is 13.2. The van der Waals surface area contributed by atoms with E-state index in [1.807, 2.05) is 51.2 Å². The zero-order chi connectivity index (χ0) is 25.8. The van der Waals surface area contributed by atoms with E-state index in [1.54, 1.807) is 45.6 Å². The molecule has 4 aromatic rings. The number of aromatic nitrogens is 4. The molecule has 0 unspecified atom stereocenters. The van der Waals surface area contributed by atoms with Gasteiger partial charge in [-0.2, -0.15) is 5.10 Å². The third-order valence-corrected chi connectivity index (χ3v) is 6.18.